The lowest BCUT2D eigenvalue weighted by molar-refractivity contribution is 0.219. The van der Waals surface area contributed by atoms with E-state index in [1.165, 1.54) is 5.56 Å². The van der Waals surface area contributed by atoms with Gasteiger partial charge >= 0.3 is 0 Å². The molecule has 23 heavy (non-hydrogen) atoms. The van der Waals surface area contributed by atoms with Crippen molar-refractivity contribution in [1.29, 1.82) is 0 Å². The average Bonchev–Trinajstić information content (AvgIpc) is 2.61. The number of aliphatic hydroxyl groups is 1. The number of nitrogens with zero attached hydrogens (tertiary/aromatic N) is 1. The van der Waals surface area contributed by atoms with Crippen LogP contribution in [0.3, 0.4) is 0 Å². The number of hydrogen-bond acceptors (Lipinski definition) is 3. The SMILES string of the molecule is Cc1nc(SCc2ccccc2)ccc1[C@H](O)c1ccccc1. The Labute approximate surface area is 141 Å². The highest BCUT2D eigenvalue weighted by Gasteiger charge is 2.14. The molecule has 0 aliphatic carbocycles. The van der Waals surface area contributed by atoms with Crippen molar-refractivity contribution in [3.8, 4) is 0 Å². The molecule has 3 heteroatoms. The minimum absolute atomic E-state index is 0.628. The molecular formula is C20H19NOS. The van der Waals surface area contributed by atoms with Crippen LogP contribution in [0, 0.1) is 6.92 Å². The van der Waals surface area contributed by atoms with Crippen LogP contribution in [0.5, 0.6) is 0 Å². The molecule has 2 nitrogen and oxygen atoms in total. The van der Waals surface area contributed by atoms with Crippen LogP contribution in [-0.2, 0) is 5.75 Å². The van der Waals surface area contributed by atoms with Crippen molar-refractivity contribution < 1.29 is 5.11 Å². The first-order chi connectivity index (χ1) is 11.2. The predicted molar refractivity (Wildman–Crippen MR) is 95.5 cm³/mol. The Morgan fingerprint density at radius 2 is 1.57 bits per heavy atom. The summed E-state index contributed by atoms with van der Waals surface area (Å²) >= 11 is 1.71. The van der Waals surface area contributed by atoms with Crippen LogP contribution < -0.4 is 0 Å². The van der Waals surface area contributed by atoms with Crippen LogP contribution in [0.15, 0.2) is 77.8 Å². The molecule has 116 valence electrons. The highest BCUT2D eigenvalue weighted by Crippen LogP contribution is 2.27. The van der Waals surface area contributed by atoms with E-state index in [4.69, 9.17) is 0 Å². The molecule has 3 aromatic rings. The second-order valence-electron chi connectivity index (χ2n) is 5.41. The molecule has 3 rings (SSSR count). The molecule has 0 saturated heterocycles. The van der Waals surface area contributed by atoms with E-state index in [2.05, 4.69) is 17.1 Å². The summed E-state index contributed by atoms with van der Waals surface area (Å²) in [6, 6.07) is 24.0. The second kappa shape index (κ2) is 7.44. The molecule has 0 aliphatic rings. The first-order valence-corrected chi connectivity index (χ1v) is 8.60. The van der Waals surface area contributed by atoms with Crippen LogP contribution in [-0.4, -0.2) is 10.1 Å². The van der Waals surface area contributed by atoms with Crippen molar-refractivity contribution in [2.75, 3.05) is 0 Å². The molecule has 0 radical (unpaired) electrons. The number of thioether (sulfide) groups is 1. The topological polar surface area (TPSA) is 33.1 Å². The van der Waals surface area contributed by atoms with E-state index in [1.807, 2.05) is 67.6 Å². The van der Waals surface area contributed by atoms with E-state index in [1.54, 1.807) is 11.8 Å². The Morgan fingerprint density at radius 3 is 2.22 bits per heavy atom. The van der Waals surface area contributed by atoms with Gasteiger partial charge in [0.1, 0.15) is 6.10 Å². The van der Waals surface area contributed by atoms with Crippen LogP contribution >= 0.6 is 11.8 Å². The van der Waals surface area contributed by atoms with E-state index in [-0.39, 0.29) is 0 Å². The zero-order valence-electron chi connectivity index (χ0n) is 13.0. The maximum atomic E-state index is 10.5. The Balaban J connectivity index is 1.73. The van der Waals surface area contributed by atoms with Gasteiger partial charge in [-0.3, -0.25) is 0 Å². The standard InChI is InChI=1S/C20H19NOS/c1-15-18(20(22)17-10-6-3-7-11-17)12-13-19(21-15)23-14-16-8-4-2-5-9-16/h2-13,20,22H,14H2,1H3/t20-/m1/s1. The summed E-state index contributed by atoms with van der Waals surface area (Å²) in [5.41, 5.74) is 3.91. The summed E-state index contributed by atoms with van der Waals surface area (Å²) in [7, 11) is 0. The van der Waals surface area contributed by atoms with E-state index >= 15 is 0 Å². The van der Waals surface area contributed by atoms with Crippen molar-refractivity contribution >= 4 is 11.8 Å². The van der Waals surface area contributed by atoms with E-state index in [0.717, 1.165) is 27.6 Å². The predicted octanol–water partition coefficient (Wildman–Crippen LogP) is 4.76. The molecule has 0 amide bonds. The van der Waals surface area contributed by atoms with Crippen LogP contribution in [0.4, 0.5) is 0 Å². The smallest absolute Gasteiger partial charge is 0.106 e. The monoisotopic (exact) mass is 321 g/mol. The Hall–Kier alpha value is -2.10. The number of aryl methyl sites for hydroxylation is 1. The summed E-state index contributed by atoms with van der Waals surface area (Å²) in [6.07, 6.45) is -0.628. The molecule has 2 aromatic carbocycles. The van der Waals surface area contributed by atoms with E-state index < -0.39 is 6.10 Å². The molecule has 0 saturated carbocycles. The number of rotatable bonds is 5. The van der Waals surface area contributed by atoms with E-state index in [0.29, 0.717) is 0 Å². The zero-order chi connectivity index (χ0) is 16.1. The van der Waals surface area contributed by atoms with Gasteiger partial charge in [0.2, 0.25) is 0 Å². The van der Waals surface area contributed by atoms with Gasteiger partial charge in [-0.25, -0.2) is 4.98 Å². The van der Waals surface area contributed by atoms with Gasteiger partial charge in [0.05, 0.1) is 5.03 Å². The summed E-state index contributed by atoms with van der Waals surface area (Å²) in [6.45, 7) is 1.95. The lowest BCUT2D eigenvalue weighted by atomic mass is 10.0. The van der Waals surface area contributed by atoms with Crippen LogP contribution in [0.25, 0.3) is 0 Å². The number of benzene rings is 2. The largest absolute Gasteiger partial charge is 0.384 e. The van der Waals surface area contributed by atoms with Crippen molar-refractivity contribution in [3.05, 3.63) is 95.2 Å². The Morgan fingerprint density at radius 1 is 0.913 bits per heavy atom. The number of aromatic nitrogens is 1. The van der Waals surface area contributed by atoms with E-state index in [9.17, 15) is 5.11 Å². The highest BCUT2D eigenvalue weighted by atomic mass is 32.2. The van der Waals surface area contributed by atoms with Crippen molar-refractivity contribution in [1.82, 2.24) is 4.98 Å². The number of pyridine rings is 1. The minimum Gasteiger partial charge on any atom is -0.384 e. The maximum Gasteiger partial charge on any atom is 0.106 e. The molecule has 1 atom stereocenters. The third-order valence-electron chi connectivity index (χ3n) is 3.74. The molecule has 0 unspecified atom stereocenters. The van der Waals surface area contributed by atoms with Gasteiger partial charge in [0.25, 0.3) is 0 Å². The lowest BCUT2D eigenvalue weighted by Crippen LogP contribution is -2.03. The first-order valence-electron chi connectivity index (χ1n) is 7.61. The van der Waals surface area contributed by atoms with Gasteiger partial charge in [0.15, 0.2) is 0 Å². The van der Waals surface area contributed by atoms with Gasteiger partial charge in [0, 0.05) is 17.0 Å². The minimum atomic E-state index is -0.628. The summed E-state index contributed by atoms with van der Waals surface area (Å²) < 4.78 is 0. The number of hydrogen-bond donors (Lipinski definition) is 1. The molecule has 0 fully saturated rings. The van der Waals surface area contributed by atoms with Gasteiger partial charge in [-0.1, -0.05) is 66.7 Å². The molecule has 0 bridgehead atoms. The van der Waals surface area contributed by atoms with Gasteiger partial charge in [-0.05, 0) is 24.1 Å². The molecular weight excluding hydrogens is 302 g/mol. The molecule has 1 heterocycles. The van der Waals surface area contributed by atoms with Gasteiger partial charge < -0.3 is 5.11 Å². The van der Waals surface area contributed by atoms with Crippen molar-refractivity contribution in [2.45, 2.75) is 23.8 Å². The maximum absolute atomic E-state index is 10.5. The van der Waals surface area contributed by atoms with Gasteiger partial charge in [-0.2, -0.15) is 0 Å². The fourth-order valence-corrected chi connectivity index (χ4v) is 3.34. The van der Waals surface area contributed by atoms with Gasteiger partial charge in [-0.15, -0.1) is 11.8 Å². The fraction of sp³-hybridized carbons (Fsp3) is 0.150. The Bertz CT molecular complexity index is 759. The van der Waals surface area contributed by atoms with Crippen LogP contribution in [0.2, 0.25) is 0 Å². The van der Waals surface area contributed by atoms with Crippen molar-refractivity contribution in [3.63, 3.8) is 0 Å². The first kappa shape index (κ1) is 15.8. The molecule has 0 spiro atoms. The van der Waals surface area contributed by atoms with Crippen molar-refractivity contribution in [2.24, 2.45) is 0 Å². The Kier molecular flexibility index (Phi) is 5.11. The van der Waals surface area contributed by atoms with Crippen LogP contribution in [0.1, 0.15) is 28.5 Å². The lowest BCUT2D eigenvalue weighted by Gasteiger charge is -2.14. The highest BCUT2D eigenvalue weighted by molar-refractivity contribution is 7.98. The molecule has 1 aromatic heterocycles. The molecule has 1 N–H and O–H groups in total. The quantitative estimate of drug-likeness (QED) is 0.688. The third kappa shape index (κ3) is 4.01. The fourth-order valence-electron chi connectivity index (χ4n) is 2.46. The summed E-state index contributed by atoms with van der Waals surface area (Å²) in [5, 5.41) is 11.5. The summed E-state index contributed by atoms with van der Waals surface area (Å²) in [5.74, 6) is 0.897. The number of aliphatic hydroxyl groups excluding tert-OH is 1. The average molecular weight is 321 g/mol. The second-order valence-corrected chi connectivity index (χ2v) is 6.41. The zero-order valence-corrected chi connectivity index (χ0v) is 13.8. The molecule has 0 aliphatic heterocycles. The summed E-state index contributed by atoms with van der Waals surface area (Å²) in [4.78, 5) is 4.64. The third-order valence-corrected chi connectivity index (χ3v) is 4.74. The normalized spacial score (nSPS) is 12.1.